The van der Waals surface area contributed by atoms with Gasteiger partial charge in [-0.1, -0.05) is 155 Å². The van der Waals surface area contributed by atoms with Gasteiger partial charge in [0.15, 0.2) is 34.0 Å². The predicted molar refractivity (Wildman–Crippen MR) is 432 cm³/mol. The number of aromatic hydroxyl groups is 2. The first kappa shape index (κ1) is 79.3. The van der Waals surface area contributed by atoms with Crippen LogP contribution in [0.2, 0.25) is 0 Å². The number of benzene rings is 12. The molecule has 0 aliphatic carbocycles. The number of rotatable bonds is 17. The van der Waals surface area contributed by atoms with Gasteiger partial charge in [0.2, 0.25) is 23.6 Å². The van der Waals surface area contributed by atoms with Crippen LogP contribution in [0.3, 0.4) is 0 Å². The van der Waals surface area contributed by atoms with Crippen LogP contribution in [0.25, 0.3) is 87.0 Å². The van der Waals surface area contributed by atoms with Crippen molar-refractivity contribution in [3.8, 4) is 17.2 Å². The van der Waals surface area contributed by atoms with Crippen LogP contribution in [-0.4, -0.2) is 80.1 Å². The summed E-state index contributed by atoms with van der Waals surface area (Å²) in [5.41, 5.74) is -3.81. The summed E-state index contributed by atoms with van der Waals surface area (Å²) in [5.74, 6) is -3.30. The Hall–Kier alpha value is -11.8. The molecule has 0 aliphatic heterocycles. The molecule has 16 rings (SSSR count). The van der Waals surface area contributed by atoms with Crippen molar-refractivity contribution in [2.24, 2.45) is 0 Å². The first-order valence-corrected chi connectivity index (χ1v) is 41.4. The van der Waals surface area contributed by atoms with Crippen molar-refractivity contribution in [3.05, 3.63) is 294 Å². The van der Waals surface area contributed by atoms with Gasteiger partial charge in [0.05, 0.1) is 37.5 Å². The zero-order valence-corrected chi connectivity index (χ0v) is 63.8. The molecular weight excluding hydrogens is 1600 g/mol. The van der Waals surface area contributed by atoms with E-state index >= 15 is 0 Å². The molecule has 4 unspecified atom stereocenters. The van der Waals surface area contributed by atoms with Crippen molar-refractivity contribution >= 4 is 180 Å². The number of anilines is 4. The summed E-state index contributed by atoms with van der Waals surface area (Å²) in [6.45, 7) is 0. The van der Waals surface area contributed by atoms with Gasteiger partial charge in [0.25, 0.3) is 0 Å². The van der Waals surface area contributed by atoms with E-state index in [9.17, 15) is 86.8 Å². The number of furan rings is 4. The van der Waals surface area contributed by atoms with Crippen molar-refractivity contribution in [2.45, 2.75) is 22.6 Å². The van der Waals surface area contributed by atoms with Crippen molar-refractivity contribution in [2.75, 3.05) is 28.4 Å². The van der Waals surface area contributed by atoms with Gasteiger partial charge in [-0.05, 0) is 146 Å². The molecule has 27 nitrogen and oxygen atoms in total. The molecule has 574 valence electrons. The molecule has 0 bridgehead atoms. The number of nitrogens with one attached hydrogen (secondary N) is 4. The molecule has 4 aromatic heterocycles. The molecule has 0 aliphatic rings. The van der Waals surface area contributed by atoms with Gasteiger partial charge in [-0.3, -0.25) is 37.4 Å². The van der Waals surface area contributed by atoms with E-state index in [1.54, 1.807) is 91.0 Å². The minimum Gasteiger partial charge on any atom is -0.508 e. The molecule has 32 heteroatoms. The first-order chi connectivity index (χ1) is 53.9. The van der Waals surface area contributed by atoms with Gasteiger partial charge in [-0.25, -0.2) is 0 Å². The average Bonchev–Trinajstić information content (AvgIpc) is 1.62. The molecule has 0 saturated carbocycles. The van der Waals surface area contributed by atoms with E-state index in [2.05, 4.69) is 37.2 Å². The zero-order valence-electron chi connectivity index (χ0n) is 58.7. The van der Waals surface area contributed by atoms with E-state index in [0.717, 1.165) is 55.6 Å². The number of carbonyl (C=O) groups is 4. The third-order valence-corrected chi connectivity index (χ3v) is 23.4. The maximum Gasteiger partial charge on any atom is 0.342 e. The number of halogens is 1. The van der Waals surface area contributed by atoms with Gasteiger partial charge in [-0.15, -0.1) is 0 Å². The summed E-state index contributed by atoms with van der Waals surface area (Å²) >= 11 is 3.33. The maximum absolute atomic E-state index is 12.9. The maximum atomic E-state index is 12.9. The second-order valence-electron chi connectivity index (χ2n) is 25.7. The van der Waals surface area contributed by atoms with Crippen LogP contribution in [0.1, 0.15) is 44.9 Å². The Bertz CT molecular complexity index is 6360. The summed E-state index contributed by atoms with van der Waals surface area (Å²) < 4.78 is 76.0. The van der Waals surface area contributed by atoms with Gasteiger partial charge in [0, 0.05) is 65.6 Å². The van der Waals surface area contributed by atoms with Gasteiger partial charge in [0.1, 0.15) is 28.2 Å². The van der Waals surface area contributed by atoms with Crippen LogP contribution in [0, 0.1) is 0 Å². The summed E-state index contributed by atoms with van der Waals surface area (Å²) in [6.07, 6.45) is 4.64. The topological polar surface area (TPSA) is 449 Å². The quantitative estimate of drug-likeness (QED) is 0.0377. The second-order valence-corrected chi connectivity index (χ2v) is 33.4. The lowest BCUT2D eigenvalue weighted by molar-refractivity contribution is -0.117. The molecule has 0 fully saturated rings. The second kappa shape index (κ2) is 32.9. The first-order valence-electron chi connectivity index (χ1n) is 33.9. The van der Waals surface area contributed by atoms with E-state index in [4.69, 9.17) is 22.4 Å². The van der Waals surface area contributed by atoms with Crippen molar-refractivity contribution < 1.29 is 109 Å². The molecular formula is C81H65BrN4O23P4. The van der Waals surface area contributed by atoms with Gasteiger partial charge < -0.3 is 93.0 Å². The van der Waals surface area contributed by atoms with E-state index < -0.39 is 76.6 Å². The van der Waals surface area contributed by atoms with Crippen molar-refractivity contribution in [3.63, 3.8) is 0 Å². The summed E-state index contributed by atoms with van der Waals surface area (Å²) in [6, 6.07) is 69.8. The molecule has 0 spiro atoms. The molecule has 113 heavy (non-hydrogen) atoms. The lowest BCUT2D eigenvalue weighted by Crippen LogP contribution is -2.21. The van der Waals surface area contributed by atoms with E-state index in [0.29, 0.717) is 60.5 Å². The third-order valence-electron chi connectivity index (χ3n) is 18.2. The van der Waals surface area contributed by atoms with Crippen LogP contribution in [-0.2, 0) is 37.4 Å². The minimum atomic E-state index is -4.91. The van der Waals surface area contributed by atoms with Crippen LogP contribution in [0.15, 0.2) is 290 Å². The molecule has 0 radical (unpaired) electrons. The number of ether oxygens (including phenoxy) is 1. The lowest BCUT2D eigenvalue weighted by atomic mass is 10.1. The highest BCUT2D eigenvalue weighted by molar-refractivity contribution is 9.10. The fraction of sp³-hybridized carbons (Fsp3) is 0.0617. The molecule has 12 aromatic carbocycles. The number of hydrogen-bond acceptors (Lipinski definition) is 15. The number of carbonyl (C=O) groups excluding carboxylic acids is 4. The van der Waals surface area contributed by atoms with Crippen molar-refractivity contribution in [1.82, 2.24) is 0 Å². The Morgan fingerprint density at radius 1 is 0.345 bits per heavy atom. The SMILES string of the molecule is COc1cccc2c(C(C(=O)Nc3ccc4ccccc4c3)P(=O)(O)O)coc12.O=C(Nc1ccc2ccccc2c1)C(c1coc2ccc(Br)cc12)P(=O)(O)O.O=C(Nc1ccc2ccccc2c1)C(c1coc2ccc(O)cc12)P(=O)(O)O.O=C(Nc1ccc2ccccc2c1)C(c1coc2cccc(O)c12)P(=O)(O)O. The van der Waals surface area contributed by atoms with Crippen LogP contribution < -0.4 is 26.0 Å². The standard InChI is InChI=1S/C21H18NO6P.C20H15BrNO5P.2C20H16NO6P/c1-27-18-8-4-7-16-17(12-28-19(16)18)20(29(24,25)26)21(23)22-15-10-9-13-5-2-3-6-14(13)11-15;21-14-6-8-18-16(10-14)17(11-27-18)19(28(24,25)26)20(23)22-15-7-5-12-3-1-2-4-13(12)9-15;22-16-6-3-7-17-18(16)15(11-27-17)19(28(24,25)26)20(23)21-14-9-8-12-4-1-2-5-13(12)10-14;22-15-7-8-18-16(10-15)17(11-27-18)19(28(24,25)26)20(23)21-14-6-5-12-3-1-2-4-13(12)9-14/h2-12,20H,1H3,(H,22,23)(H2,24,25,26);1-11,19H,(H,22,23)(H2,24,25,26);2*1-11,19,22H,(H,21,23)(H2,24,25,26). The largest absolute Gasteiger partial charge is 0.508 e. The molecule has 4 atom stereocenters. The smallest absolute Gasteiger partial charge is 0.342 e. The number of hydrogen-bond donors (Lipinski definition) is 14. The van der Waals surface area contributed by atoms with E-state index in [1.165, 1.54) is 56.0 Å². The molecule has 16 aromatic rings. The Morgan fingerprint density at radius 2 is 0.681 bits per heavy atom. The molecule has 0 saturated heterocycles. The van der Waals surface area contributed by atoms with Crippen LogP contribution in [0.4, 0.5) is 22.7 Å². The van der Waals surface area contributed by atoms with Crippen LogP contribution in [0.5, 0.6) is 17.2 Å². The average molecular weight is 1670 g/mol. The monoisotopic (exact) mass is 1660 g/mol. The lowest BCUT2D eigenvalue weighted by Gasteiger charge is -2.18. The number of para-hydroxylation sites is 1. The normalized spacial score (nSPS) is 12.9. The van der Waals surface area contributed by atoms with Crippen LogP contribution >= 0.6 is 46.3 Å². The molecule has 4 amide bonds. The fourth-order valence-electron chi connectivity index (χ4n) is 13.0. The number of fused-ring (bicyclic) bond motifs is 8. The summed E-state index contributed by atoms with van der Waals surface area (Å²) in [7, 11) is -18.0. The predicted octanol–water partition coefficient (Wildman–Crippen LogP) is 18.0. The third kappa shape index (κ3) is 17.9. The van der Waals surface area contributed by atoms with E-state index in [1.807, 2.05) is 115 Å². The number of phenolic OH excluding ortho intramolecular Hbond substituents is 2. The van der Waals surface area contributed by atoms with E-state index in [-0.39, 0.29) is 50.1 Å². The molecule has 4 heterocycles. The Kier molecular flexibility index (Phi) is 23.1. The number of phenols is 2. The molecule has 14 N–H and O–H groups in total. The Morgan fingerprint density at radius 3 is 1.08 bits per heavy atom. The Balaban J connectivity index is 0.000000132. The van der Waals surface area contributed by atoms with Gasteiger partial charge in [-0.2, -0.15) is 0 Å². The Labute approximate surface area is 647 Å². The highest BCUT2D eigenvalue weighted by Gasteiger charge is 2.44. The van der Waals surface area contributed by atoms with Crippen molar-refractivity contribution in [1.29, 1.82) is 0 Å². The van der Waals surface area contributed by atoms with Gasteiger partial charge >= 0.3 is 30.4 Å². The fourth-order valence-corrected chi connectivity index (χ4v) is 17.1. The minimum absolute atomic E-state index is 0.0116. The highest BCUT2D eigenvalue weighted by atomic mass is 79.9. The summed E-state index contributed by atoms with van der Waals surface area (Å²) in [5, 5.41) is 38.9. The summed E-state index contributed by atoms with van der Waals surface area (Å²) in [4.78, 5) is 130. The zero-order chi connectivity index (χ0) is 80.3. The number of amides is 4. The number of methoxy groups -OCH3 is 1. The highest BCUT2D eigenvalue weighted by Crippen LogP contribution is 2.58.